The summed E-state index contributed by atoms with van der Waals surface area (Å²) in [6, 6.07) is 1.88. The van der Waals surface area contributed by atoms with Crippen molar-refractivity contribution in [1.82, 2.24) is 19.7 Å². The second kappa shape index (κ2) is 7.28. The highest BCUT2D eigenvalue weighted by molar-refractivity contribution is 7.11. The van der Waals surface area contributed by atoms with Gasteiger partial charge in [-0.25, -0.2) is 9.97 Å². The zero-order chi connectivity index (χ0) is 19.8. The van der Waals surface area contributed by atoms with Gasteiger partial charge in [0.1, 0.15) is 5.02 Å². The van der Waals surface area contributed by atoms with Gasteiger partial charge < -0.3 is 5.32 Å². The molecule has 3 rings (SSSR count). The lowest BCUT2D eigenvalue weighted by Gasteiger charge is -2.10. The summed E-state index contributed by atoms with van der Waals surface area (Å²) in [7, 11) is 0. The van der Waals surface area contributed by atoms with E-state index in [9.17, 15) is 18.0 Å². The average molecular weight is 416 g/mol. The van der Waals surface area contributed by atoms with Gasteiger partial charge in [-0.3, -0.25) is 4.79 Å². The van der Waals surface area contributed by atoms with Crippen LogP contribution in [0, 0.1) is 13.8 Å². The molecule has 0 aliphatic rings. The number of aromatic nitrogens is 4. The Kier molecular flexibility index (Phi) is 5.20. The summed E-state index contributed by atoms with van der Waals surface area (Å²) >= 11 is 7.66. The first-order chi connectivity index (χ1) is 12.7. The number of pyridine rings is 1. The van der Waals surface area contributed by atoms with E-state index in [0.29, 0.717) is 18.4 Å². The van der Waals surface area contributed by atoms with Gasteiger partial charge in [0, 0.05) is 11.1 Å². The molecular formula is C16H13ClF3N5OS. The molecule has 27 heavy (non-hydrogen) atoms. The van der Waals surface area contributed by atoms with Crippen LogP contribution in [0.3, 0.4) is 0 Å². The van der Waals surface area contributed by atoms with Crippen molar-refractivity contribution in [3.63, 3.8) is 0 Å². The molecule has 0 aliphatic carbocycles. The largest absolute Gasteiger partial charge is 0.417 e. The molecule has 0 fully saturated rings. The zero-order valence-electron chi connectivity index (χ0n) is 14.1. The van der Waals surface area contributed by atoms with Crippen molar-refractivity contribution >= 4 is 28.6 Å². The highest BCUT2D eigenvalue weighted by atomic mass is 35.5. The van der Waals surface area contributed by atoms with Gasteiger partial charge in [0.2, 0.25) is 0 Å². The lowest BCUT2D eigenvalue weighted by Crippen LogP contribution is -2.23. The molecule has 0 aromatic carbocycles. The molecule has 3 aromatic rings. The van der Waals surface area contributed by atoms with Crippen LogP contribution in [0.1, 0.15) is 21.1 Å². The van der Waals surface area contributed by atoms with Crippen LogP contribution in [0.4, 0.5) is 18.9 Å². The summed E-state index contributed by atoms with van der Waals surface area (Å²) in [6.45, 7) is 4.20. The zero-order valence-corrected chi connectivity index (χ0v) is 15.7. The minimum atomic E-state index is -4.51. The average Bonchev–Trinajstić information content (AvgIpc) is 2.93. The molecule has 11 heteroatoms. The number of hydrogen-bond donors (Lipinski definition) is 1. The van der Waals surface area contributed by atoms with Crippen molar-refractivity contribution in [2.45, 2.75) is 26.6 Å². The Morgan fingerprint density at radius 3 is 2.56 bits per heavy atom. The number of rotatable bonds is 4. The van der Waals surface area contributed by atoms with E-state index in [1.807, 2.05) is 13.8 Å². The molecule has 3 aromatic heterocycles. The Morgan fingerprint density at radius 2 is 2.00 bits per heavy atom. The van der Waals surface area contributed by atoms with Crippen molar-refractivity contribution in [3.05, 3.63) is 61.0 Å². The van der Waals surface area contributed by atoms with Gasteiger partial charge in [0.15, 0.2) is 5.82 Å². The maximum Gasteiger partial charge on any atom is 0.417 e. The van der Waals surface area contributed by atoms with Gasteiger partial charge in [0.05, 0.1) is 34.7 Å². The molecule has 0 aliphatic heterocycles. The van der Waals surface area contributed by atoms with Crippen LogP contribution >= 0.6 is 22.9 Å². The smallest absolute Gasteiger partial charge is 0.377 e. The second-order valence-corrected chi connectivity index (χ2v) is 7.37. The van der Waals surface area contributed by atoms with E-state index < -0.39 is 17.3 Å². The first-order valence-electron chi connectivity index (χ1n) is 7.65. The van der Waals surface area contributed by atoms with Crippen LogP contribution in [-0.4, -0.2) is 19.7 Å². The van der Waals surface area contributed by atoms with E-state index in [0.717, 1.165) is 32.4 Å². The van der Waals surface area contributed by atoms with Gasteiger partial charge in [-0.05, 0) is 26.0 Å². The van der Waals surface area contributed by atoms with Crippen molar-refractivity contribution < 1.29 is 13.2 Å². The lowest BCUT2D eigenvalue weighted by molar-refractivity contribution is -0.137. The molecule has 3 heterocycles. The quantitative estimate of drug-likeness (QED) is 0.697. The molecule has 0 amide bonds. The van der Waals surface area contributed by atoms with Gasteiger partial charge in [0.25, 0.3) is 5.56 Å². The first kappa shape index (κ1) is 19.3. The van der Waals surface area contributed by atoms with Crippen molar-refractivity contribution in [1.29, 1.82) is 0 Å². The summed E-state index contributed by atoms with van der Waals surface area (Å²) in [4.78, 5) is 21.5. The molecule has 0 bridgehead atoms. The fourth-order valence-electron chi connectivity index (χ4n) is 2.31. The van der Waals surface area contributed by atoms with Crippen molar-refractivity contribution in [3.8, 4) is 5.82 Å². The van der Waals surface area contributed by atoms with Crippen molar-refractivity contribution in [2.75, 3.05) is 5.32 Å². The summed E-state index contributed by atoms with van der Waals surface area (Å²) < 4.78 is 38.7. The number of nitrogens with zero attached hydrogens (tertiary/aromatic N) is 4. The number of hydrogen-bond acceptors (Lipinski definition) is 6. The predicted molar refractivity (Wildman–Crippen MR) is 96.6 cm³/mol. The van der Waals surface area contributed by atoms with Crippen LogP contribution in [0.15, 0.2) is 29.3 Å². The van der Waals surface area contributed by atoms with E-state index in [-0.39, 0.29) is 10.8 Å². The SMILES string of the molecule is Cc1nc(CNc2cnn(-c3ccc(C(F)(F)F)cn3)c(=O)c2Cl)c(C)s1. The fourth-order valence-corrected chi connectivity index (χ4v) is 3.34. The minimum absolute atomic E-state index is 0.0626. The Bertz CT molecular complexity index is 1030. The Hall–Kier alpha value is -2.46. The molecule has 0 unspecified atom stereocenters. The molecule has 1 N–H and O–H groups in total. The van der Waals surface area contributed by atoms with E-state index in [1.54, 1.807) is 11.3 Å². The van der Waals surface area contributed by atoms with Crippen LogP contribution in [0.5, 0.6) is 0 Å². The third-order valence-electron chi connectivity index (χ3n) is 3.66. The standard InChI is InChI=1S/C16H13ClF3N5OS/c1-8-11(24-9(2)27-8)6-21-12-7-23-25(15(26)14(12)17)13-4-3-10(5-22-13)16(18,19)20/h3-5,7,21H,6H2,1-2H3. The number of alkyl halides is 3. The van der Waals surface area contributed by atoms with Gasteiger partial charge in [-0.15, -0.1) is 11.3 Å². The number of thiazole rings is 1. The summed E-state index contributed by atoms with van der Waals surface area (Å²) in [5.74, 6) is -0.0626. The monoisotopic (exact) mass is 415 g/mol. The third kappa shape index (κ3) is 4.11. The van der Waals surface area contributed by atoms with Crippen LogP contribution < -0.4 is 10.9 Å². The normalized spacial score (nSPS) is 11.6. The molecule has 0 saturated heterocycles. The molecular weight excluding hydrogens is 403 g/mol. The molecule has 0 radical (unpaired) electrons. The minimum Gasteiger partial charge on any atom is -0.377 e. The van der Waals surface area contributed by atoms with Crippen molar-refractivity contribution in [2.24, 2.45) is 0 Å². The highest BCUT2D eigenvalue weighted by Crippen LogP contribution is 2.28. The summed E-state index contributed by atoms with van der Waals surface area (Å²) in [5, 5.41) is 7.72. The first-order valence-corrected chi connectivity index (χ1v) is 8.84. The molecule has 142 valence electrons. The van der Waals surface area contributed by atoms with E-state index in [2.05, 4.69) is 20.4 Å². The topological polar surface area (TPSA) is 72.7 Å². The summed E-state index contributed by atoms with van der Waals surface area (Å²) in [6.07, 6.45) is -2.56. The molecule has 0 saturated carbocycles. The van der Waals surface area contributed by atoms with Crippen LogP contribution in [0.2, 0.25) is 5.02 Å². The molecule has 0 spiro atoms. The van der Waals surface area contributed by atoms with Gasteiger partial charge in [-0.1, -0.05) is 11.6 Å². The lowest BCUT2D eigenvalue weighted by atomic mass is 10.3. The van der Waals surface area contributed by atoms with Gasteiger partial charge in [-0.2, -0.15) is 23.0 Å². The van der Waals surface area contributed by atoms with E-state index in [1.165, 1.54) is 6.20 Å². The van der Waals surface area contributed by atoms with E-state index in [4.69, 9.17) is 11.6 Å². The number of nitrogens with one attached hydrogen (secondary N) is 1. The van der Waals surface area contributed by atoms with Crippen LogP contribution in [-0.2, 0) is 12.7 Å². The number of aryl methyl sites for hydroxylation is 2. The number of halogens is 4. The summed E-state index contributed by atoms with van der Waals surface area (Å²) in [5.41, 5.74) is -0.477. The maximum absolute atomic E-state index is 12.6. The Labute approximate surface area is 160 Å². The maximum atomic E-state index is 12.6. The predicted octanol–water partition coefficient (Wildman–Crippen LogP) is 3.99. The van der Waals surface area contributed by atoms with E-state index >= 15 is 0 Å². The highest BCUT2D eigenvalue weighted by Gasteiger charge is 2.30. The second-order valence-electron chi connectivity index (χ2n) is 5.58. The number of anilines is 1. The third-order valence-corrected chi connectivity index (χ3v) is 4.95. The molecule has 6 nitrogen and oxygen atoms in total. The Balaban J connectivity index is 1.84. The fraction of sp³-hybridized carbons (Fsp3) is 0.250. The molecule has 0 atom stereocenters. The Morgan fingerprint density at radius 1 is 1.26 bits per heavy atom. The van der Waals surface area contributed by atoms with Crippen LogP contribution in [0.25, 0.3) is 5.82 Å². The van der Waals surface area contributed by atoms with Gasteiger partial charge >= 0.3 is 6.18 Å².